The van der Waals surface area contributed by atoms with E-state index in [0.29, 0.717) is 32.1 Å². The molecule has 0 saturated heterocycles. The van der Waals surface area contributed by atoms with Gasteiger partial charge in [0, 0.05) is 39.1 Å². The third-order valence-corrected chi connectivity index (χ3v) is 13.4. The number of unbranched alkanes of at least 4 members (excludes halogenated alkanes) is 2. The summed E-state index contributed by atoms with van der Waals surface area (Å²) in [6, 6.07) is -12.5. The van der Waals surface area contributed by atoms with Crippen LogP contribution in [-0.4, -0.2) is 194 Å². The lowest BCUT2D eigenvalue weighted by molar-refractivity contribution is -0.142. The molecule has 0 aliphatic carbocycles. The minimum atomic E-state index is -1.65. The van der Waals surface area contributed by atoms with Crippen molar-refractivity contribution in [3.63, 3.8) is 0 Å². The lowest BCUT2D eigenvalue weighted by Crippen LogP contribution is -2.60. The summed E-state index contributed by atoms with van der Waals surface area (Å²) in [5, 5.41) is 30.8. The monoisotopic (exact) mass is 1300 g/mol. The van der Waals surface area contributed by atoms with Crippen LogP contribution < -0.4 is 123 Å². The van der Waals surface area contributed by atoms with Gasteiger partial charge in [-0.05, 0) is 135 Å². The van der Waals surface area contributed by atoms with Crippen molar-refractivity contribution in [1.82, 2.24) is 42.5 Å². The van der Waals surface area contributed by atoms with E-state index in [1.807, 2.05) is 0 Å². The second-order valence-electron chi connectivity index (χ2n) is 21.9. The van der Waals surface area contributed by atoms with Gasteiger partial charge in [-0.3, -0.25) is 68.1 Å². The van der Waals surface area contributed by atoms with Crippen molar-refractivity contribution >= 4 is 88.9 Å². The van der Waals surface area contributed by atoms with Gasteiger partial charge in [0.25, 0.3) is 0 Å². The fraction of sp³-hybridized carbons (Fsp3) is 0.717. The topological polar surface area (TPSA) is 713 Å². The van der Waals surface area contributed by atoms with Crippen LogP contribution >= 0.6 is 0 Å². The van der Waals surface area contributed by atoms with E-state index in [-0.39, 0.29) is 159 Å². The van der Waals surface area contributed by atoms with Crippen LogP contribution in [0, 0.1) is 5.92 Å². The van der Waals surface area contributed by atoms with Crippen molar-refractivity contribution in [3.8, 4) is 0 Å². The van der Waals surface area contributed by atoms with E-state index >= 15 is 0 Å². The zero-order valence-electron chi connectivity index (χ0n) is 52.5. The number of carbonyl (C=O) groups is 10. The molecular weight excluding hydrogens is 1190 g/mol. The lowest BCUT2D eigenvalue weighted by Gasteiger charge is -2.28. The largest absolute Gasteiger partial charge is 0.480 e. The van der Waals surface area contributed by atoms with Crippen molar-refractivity contribution in [1.29, 1.82) is 0 Å². The van der Waals surface area contributed by atoms with E-state index in [0.717, 1.165) is 0 Å². The van der Waals surface area contributed by atoms with Crippen LogP contribution in [-0.2, 0) is 47.9 Å². The van der Waals surface area contributed by atoms with Crippen LogP contribution in [0.25, 0.3) is 0 Å². The van der Waals surface area contributed by atoms with Gasteiger partial charge < -0.3 is 128 Å². The van der Waals surface area contributed by atoms with Crippen molar-refractivity contribution in [2.24, 2.45) is 111 Å². The molecule has 0 spiro atoms. The van der Waals surface area contributed by atoms with Gasteiger partial charge in [0.1, 0.15) is 48.3 Å². The highest BCUT2D eigenvalue weighted by atomic mass is 16.4. The van der Waals surface area contributed by atoms with E-state index < -0.39 is 126 Å². The molecule has 0 saturated carbocycles. The number of guanidine groups is 5. The Hall–Kier alpha value is -9.07. The van der Waals surface area contributed by atoms with Crippen molar-refractivity contribution in [2.75, 3.05) is 45.8 Å². The van der Waals surface area contributed by atoms with Gasteiger partial charge in [-0.15, -0.1) is 0 Å². The van der Waals surface area contributed by atoms with E-state index in [1.165, 1.54) is 0 Å². The molecule has 0 aromatic rings. The quantitative estimate of drug-likeness (QED) is 0.0153. The number of nitrogens with one attached hydrogen (secondary N) is 8. The lowest BCUT2D eigenvalue weighted by atomic mass is 10.0. The summed E-state index contributed by atoms with van der Waals surface area (Å²) >= 11 is 0. The van der Waals surface area contributed by atoms with Crippen LogP contribution in [0.5, 0.6) is 0 Å². The number of amides is 9. The van der Waals surface area contributed by atoms with Crippen LogP contribution in [0.4, 0.5) is 0 Å². The SMILES string of the molecule is CC(C)C[C@@H](NC(=O)[C@H](CCCN=C(N)N)NC(=O)[C@H](CCC(N)=O)NC(=O)[C@@H](CCCN=C(N)N)NC(=O)[C@H](CCCN=C(N)N)NC(=O)[C@H](CCCCN)NC(=O)[C@H](CCCCN)NC(=O)[C@H](N)CCCN=C(N)N)C(=O)N[C@H](CCCN=C(N)N)C(=O)O. The number of carboxylic acids is 1. The Bertz CT molecular complexity index is 2440. The summed E-state index contributed by atoms with van der Waals surface area (Å²) in [7, 11) is 0. The number of rotatable bonds is 50. The van der Waals surface area contributed by atoms with Crippen LogP contribution in [0.1, 0.15) is 136 Å². The van der Waals surface area contributed by atoms with Crippen molar-refractivity contribution in [2.45, 2.75) is 190 Å². The smallest absolute Gasteiger partial charge is 0.326 e. The zero-order chi connectivity index (χ0) is 69.0. The highest BCUT2D eigenvalue weighted by Crippen LogP contribution is 2.13. The van der Waals surface area contributed by atoms with Gasteiger partial charge in [0.2, 0.25) is 53.2 Å². The fourth-order valence-electron chi connectivity index (χ4n) is 8.70. The Labute approximate surface area is 530 Å². The summed E-state index contributed by atoms with van der Waals surface area (Å²) in [5.74, 6) is -10.7. The Morgan fingerprint density at radius 2 is 0.571 bits per heavy atom. The number of aliphatic imine (C=N–C) groups is 5. The molecule has 0 fully saturated rings. The third kappa shape index (κ3) is 39.5. The summed E-state index contributed by atoms with van der Waals surface area (Å²) in [5.41, 5.74) is 78.0. The fourth-order valence-corrected chi connectivity index (χ4v) is 8.70. The molecular formula is C53H105N27O11. The summed E-state index contributed by atoms with van der Waals surface area (Å²) < 4.78 is 0. The second kappa shape index (κ2) is 47.0. The first-order valence-electron chi connectivity index (χ1n) is 30.3. The highest BCUT2D eigenvalue weighted by molar-refractivity contribution is 5.98. The average Bonchev–Trinajstić information content (AvgIpc) is 3.34. The van der Waals surface area contributed by atoms with Crippen LogP contribution in [0.15, 0.2) is 25.0 Å². The molecule has 0 bridgehead atoms. The first-order chi connectivity index (χ1) is 42.9. The van der Waals surface area contributed by atoms with Crippen molar-refractivity contribution < 1.29 is 53.1 Å². The molecule has 9 atom stereocenters. The molecule has 0 radical (unpaired) electrons. The maximum Gasteiger partial charge on any atom is 0.326 e. The third-order valence-electron chi connectivity index (χ3n) is 13.4. The molecule has 0 rings (SSSR count). The van der Waals surface area contributed by atoms with Gasteiger partial charge in [-0.25, -0.2) is 4.79 Å². The van der Waals surface area contributed by atoms with Crippen LogP contribution in [0.3, 0.4) is 0 Å². The zero-order valence-corrected chi connectivity index (χ0v) is 52.5. The minimum Gasteiger partial charge on any atom is -0.480 e. The molecule has 9 amide bonds. The molecule has 38 heteroatoms. The first-order valence-corrected chi connectivity index (χ1v) is 30.3. The van der Waals surface area contributed by atoms with Gasteiger partial charge in [0.15, 0.2) is 29.8 Å². The number of carbonyl (C=O) groups excluding carboxylic acids is 9. The molecule has 37 N–H and O–H groups in total. The predicted molar refractivity (Wildman–Crippen MR) is 344 cm³/mol. The number of hydrogen-bond acceptors (Lipinski definition) is 18. The Morgan fingerprint density at radius 1 is 0.330 bits per heavy atom. The van der Waals surface area contributed by atoms with Gasteiger partial charge in [-0.2, -0.15) is 0 Å². The normalized spacial score (nSPS) is 13.8. The number of aliphatic carboxylic acids is 1. The number of carboxylic acid groups (broad SMARTS) is 1. The number of nitrogens with two attached hydrogens (primary N) is 14. The second-order valence-corrected chi connectivity index (χ2v) is 21.9. The van der Waals surface area contributed by atoms with E-state index in [1.54, 1.807) is 13.8 Å². The maximum absolute atomic E-state index is 14.6. The van der Waals surface area contributed by atoms with Crippen molar-refractivity contribution in [3.05, 3.63) is 0 Å². The molecule has 0 aliphatic heterocycles. The van der Waals surface area contributed by atoms with E-state index in [4.69, 9.17) is 80.3 Å². The van der Waals surface area contributed by atoms with Gasteiger partial charge in [-0.1, -0.05) is 13.8 Å². The average molecular weight is 1300 g/mol. The minimum absolute atomic E-state index is 0.00580. The highest BCUT2D eigenvalue weighted by Gasteiger charge is 2.35. The molecule has 91 heavy (non-hydrogen) atoms. The molecule has 0 aliphatic rings. The summed E-state index contributed by atoms with van der Waals surface area (Å²) in [6.07, 6.45) is 1.07. The molecule has 0 aromatic carbocycles. The molecule has 0 aromatic heterocycles. The Morgan fingerprint density at radius 3 is 0.846 bits per heavy atom. The number of primary amides is 1. The predicted octanol–water partition coefficient (Wildman–Crippen LogP) is -8.89. The standard InChI is InChI=1S/C53H105N27O11/c1-29(2)28-38(47(89)79-37(48(90)91)18-11-27-72-53(66)67)80-45(87)35(17-10-26-71-52(64)65)77-46(88)36(19-20-39(57)81)78-44(86)34(16-9-25-70-51(62)63)76-43(85)33(15-8-24-69-50(60)61)75-42(84)32(14-4-6-22-55)74-41(83)31(13-3-5-21-54)73-40(82)30(56)12-7-23-68-49(58)59/h29-38H,3-28,54-56H2,1-2H3,(H2,57,81)(H,73,82)(H,74,83)(H,75,84)(H,76,85)(H,77,88)(H,78,86)(H,79,89)(H,80,87)(H,90,91)(H4,58,59,68)(H4,60,61,69)(H4,62,63,70)(H4,64,65,71)(H4,66,67,72)/t30-,31+,32+,33+,34-,35+,36+,37-,38-/m1/s1. The summed E-state index contributed by atoms with van der Waals surface area (Å²) in [4.78, 5) is 157. The van der Waals surface area contributed by atoms with Gasteiger partial charge >= 0.3 is 5.97 Å². The molecule has 38 nitrogen and oxygen atoms in total. The first kappa shape index (κ1) is 81.9. The Balaban J connectivity index is 7.36. The van der Waals surface area contributed by atoms with Gasteiger partial charge in [0.05, 0.1) is 6.04 Å². The number of hydrogen-bond donors (Lipinski definition) is 23. The Kier molecular flexibility index (Phi) is 42.3. The molecule has 0 heterocycles. The molecule has 518 valence electrons. The summed E-state index contributed by atoms with van der Waals surface area (Å²) in [6.45, 7) is 4.17. The van der Waals surface area contributed by atoms with E-state index in [2.05, 4.69) is 67.5 Å². The molecule has 0 unspecified atom stereocenters. The van der Waals surface area contributed by atoms with Crippen LogP contribution in [0.2, 0.25) is 0 Å². The maximum atomic E-state index is 14.6. The number of nitrogens with zero attached hydrogens (tertiary/aromatic N) is 5. The van der Waals surface area contributed by atoms with E-state index in [9.17, 15) is 53.1 Å².